The molecule has 0 amide bonds. The quantitative estimate of drug-likeness (QED) is 0.819. The lowest BCUT2D eigenvalue weighted by molar-refractivity contribution is 0.0697. The molecule has 0 saturated heterocycles. The molecule has 18 heavy (non-hydrogen) atoms. The van der Waals surface area contributed by atoms with E-state index in [0.717, 1.165) is 12.1 Å². The van der Waals surface area contributed by atoms with Gasteiger partial charge in [0.25, 0.3) is 0 Å². The van der Waals surface area contributed by atoms with Crippen LogP contribution in [0, 0.1) is 5.82 Å². The van der Waals surface area contributed by atoms with Gasteiger partial charge in [0.15, 0.2) is 9.84 Å². The molecule has 7 heteroatoms. The Morgan fingerprint density at radius 2 is 2.11 bits per heavy atom. The van der Waals surface area contributed by atoms with Gasteiger partial charge in [-0.2, -0.15) is 0 Å². The van der Waals surface area contributed by atoms with Crippen LogP contribution in [0.3, 0.4) is 0 Å². The molecule has 0 radical (unpaired) electrons. The number of rotatable bonds is 6. The van der Waals surface area contributed by atoms with Crippen molar-refractivity contribution < 1.29 is 22.7 Å². The largest absolute Gasteiger partial charge is 0.478 e. The second-order valence-electron chi connectivity index (χ2n) is 3.66. The third-order valence-electron chi connectivity index (χ3n) is 2.38. The fourth-order valence-electron chi connectivity index (χ4n) is 1.33. The SMILES string of the molecule is CCS(=O)(=O)CCNc1ccc(F)cc1C(=O)O. The maximum absolute atomic E-state index is 12.9. The summed E-state index contributed by atoms with van der Waals surface area (Å²) in [6.45, 7) is 1.62. The molecular weight excluding hydrogens is 261 g/mol. The minimum Gasteiger partial charge on any atom is -0.478 e. The number of nitrogens with one attached hydrogen (secondary N) is 1. The van der Waals surface area contributed by atoms with Gasteiger partial charge in [-0.1, -0.05) is 6.92 Å². The molecule has 0 fully saturated rings. The van der Waals surface area contributed by atoms with Crippen LogP contribution in [0.1, 0.15) is 17.3 Å². The van der Waals surface area contributed by atoms with Gasteiger partial charge >= 0.3 is 5.97 Å². The molecule has 0 heterocycles. The van der Waals surface area contributed by atoms with E-state index in [1.165, 1.54) is 13.0 Å². The Morgan fingerprint density at radius 1 is 1.44 bits per heavy atom. The van der Waals surface area contributed by atoms with Crippen LogP contribution < -0.4 is 5.32 Å². The van der Waals surface area contributed by atoms with E-state index < -0.39 is 21.6 Å². The normalized spacial score (nSPS) is 11.2. The molecule has 0 aromatic heterocycles. The number of anilines is 1. The Hall–Kier alpha value is -1.63. The third-order valence-corrected chi connectivity index (χ3v) is 4.09. The molecular formula is C11H14FNO4S. The van der Waals surface area contributed by atoms with E-state index >= 15 is 0 Å². The Kier molecular flexibility index (Phi) is 4.66. The number of benzene rings is 1. The lowest BCUT2D eigenvalue weighted by Gasteiger charge is -2.09. The topological polar surface area (TPSA) is 83.5 Å². The molecule has 1 rings (SSSR count). The van der Waals surface area contributed by atoms with Crippen LogP contribution in [-0.2, 0) is 9.84 Å². The summed E-state index contributed by atoms with van der Waals surface area (Å²) in [5.41, 5.74) is -0.0147. The zero-order valence-electron chi connectivity index (χ0n) is 9.81. The monoisotopic (exact) mass is 275 g/mol. The van der Waals surface area contributed by atoms with Crippen LogP contribution in [-0.4, -0.2) is 37.5 Å². The summed E-state index contributed by atoms with van der Waals surface area (Å²) >= 11 is 0. The molecule has 1 aromatic carbocycles. The molecule has 5 nitrogen and oxygen atoms in total. The highest BCUT2D eigenvalue weighted by Crippen LogP contribution is 2.16. The first-order valence-corrected chi connectivity index (χ1v) is 7.15. The van der Waals surface area contributed by atoms with Gasteiger partial charge in [-0.05, 0) is 18.2 Å². The number of sulfone groups is 1. The maximum atomic E-state index is 12.9. The van der Waals surface area contributed by atoms with Crippen molar-refractivity contribution in [2.75, 3.05) is 23.4 Å². The Bertz CT molecular complexity index is 542. The van der Waals surface area contributed by atoms with Gasteiger partial charge in [-0.15, -0.1) is 0 Å². The molecule has 0 bridgehead atoms. The van der Waals surface area contributed by atoms with Crippen LogP contribution in [0.15, 0.2) is 18.2 Å². The second-order valence-corrected chi connectivity index (χ2v) is 6.13. The van der Waals surface area contributed by atoms with E-state index in [2.05, 4.69) is 5.32 Å². The van der Waals surface area contributed by atoms with Gasteiger partial charge in [0.2, 0.25) is 0 Å². The number of halogens is 1. The summed E-state index contributed by atoms with van der Waals surface area (Å²) in [6, 6.07) is 3.28. The molecule has 0 spiro atoms. The number of carbonyl (C=O) groups is 1. The van der Waals surface area contributed by atoms with Crippen molar-refractivity contribution in [1.82, 2.24) is 0 Å². The van der Waals surface area contributed by atoms with E-state index in [1.807, 2.05) is 0 Å². The first-order valence-electron chi connectivity index (χ1n) is 5.33. The van der Waals surface area contributed by atoms with E-state index in [9.17, 15) is 17.6 Å². The lowest BCUT2D eigenvalue weighted by atomic mass is 10.1. The average Bonchev–Trinajstić information content (AvgIpc) is 2.30. The summed E-state index contributed by atoms with van der Waals surface area (Å²) in [5.74, 6) is -1.99. The highest BCUT2D eigenvalue weighted by molar-refractivity contribution is 7.91. The average molecular weight is 275 g/mol. The van der Waals surface area contributed by atoms with Crippen LogP contribution in [0.25, 0.3) is 0 Å². The van der Waals surface area contributed by atoms with Crippen molar-refractivity contribution in [1.29, 1.82) is 0 Å². The van der Waals surface area contributed by atoms with Crippen molar-refractivity contribution in [3.8, 4) is 0 Å². The Balaban J connectivity index is 2.77. The third kappa shape index (κ3) is 3.99. The smallest absolute Gasteiger partial charge is 0.337 e. The van der Waals surface area contributed by atoms with Gasteiger partial charge in [-0.3, -0.25) is 0 Å². The summed E-state index contributed by atoms with van der Waals surface area (Å²) < 4.78 is 35.4. The summed E-state index contributed by atoms with van der Waals surface area (Å²) in [7, 11) is -3.11. The second kappa shape index (κ2) is 5.81. The van der Waals surface area contributed by atoms with Crippen molar-refractivity contribution in [3.05, 3.63) is 29.6 Å². The minimum atomic E-state index is -3.11. The first kappa shape index (κ1) is 14.4. The standard InChI is InChI=1S/C11H14FNO4S/c1-2-18(16,17)6-5-13-10-4-3-8(12)7-9(10)11(14)15/h3-4,7,13H,2,5-6H2,1H3,(H,14,15). The summed E-state index contributed by atoms with van der Waals surface area (Å²) in [5, 5.41) is 11.6. The summed E-state index contributed by atoms with van der Waals surface area (Å²) in [6.07, 6.45) is 0. The van der Waals surface area contributed by atoms with E-state index in [0.29, 0.717) is 0 Å². The van der Waals surface area contributed by atoms with Gasteiger partial charge in [0.05, 0.1) is 11.3 Å². The van der Waals surface area contributed by atoms with Crippen molar-refractivity contribution in [2.24, 2.45) is 0 Å². The Morgan fingerprint density at radius 3 is 2.67 bits per heavy atom. The predicted octanol–water partition coefficient (Wildman–Crippen LogP) is 1.37. The number of hydrogen-bond donors (Lipinski definition) is 2. The molecule has 0 saturated carbocycles. The lowest BCUT2D eigenvalue weighted by Crippen LogP contribution is -2.18. The molecule has 0 aliphatic carbocycles. The number of aromatic carboxylic acids is 1. The van der Waals surface area contributed by atoms with E-state index in [-0.39, 0.29) is 29.3 Å². The minimum absolute atomic E-state index is 0.0316. The van der Waals surface area contributed by atoms with Gasteiger partial charge in [0.1, 0.15) is 5.82 Å². The highest BCUT2D eigenvalue weighted by atomic mass is 32.2. The van der Waals surface area contributed by atoms with Crippen LogP contribution in [0.4, 0.5) is 10.1 Å². The molecule has 0 aliphatic heterocycles. The Labute approximate surface area is 105 Å². The highest BCUT2D eigenvalue weighted by Gasteiger charge is 2.12. The van der Waals surface area contributed by atoms with Gasteiger partial charge < -0.3 is 10.4 Å². The first-order chi connectivity index (χ1) is 8.35. The van der Waals surface area contributed by atoms with Crippen LogP contribution >= 0.6 is 0 Å². The molecule has 0 atom stereocenters. The molecule has 0 aliphatic rings. The van der Waals surface area contributed by atoms with Gasteiger partial charge in [-0.25, -0.2) is 17.6 Å². The molecule has 100 valence electrons. The fraction of sp³-hybridized carbons (Fsp3) is 0.364. The molecule has 0 unspecified atom stereocenters. The summed E-state index contributed by atoms with van der Waals surface area (Å²) in [4.78, 5) is 10.9. The number of hydrogen-bond acceptors (Lipinski definition) is 4. The molecule has 1 aromatic rings. The van der Waals surface area contributed by atoms with E-state index in [4.69, 9.17) is 5.11 Å². The number of carboxylic acids is 1. The fourth-order valence-corrected chi connectivity index (χ4v) is 2.03. The predicted molar refractivity (Wildman–Crippen MR) is 66.2 cm³/mol. The zero-order chi connectivity index (χ0) is 13.8. The van der Waals surface area contributed by atoms with Crippen molar-refractivity contribution in [2.45, 2.75) is 6.92 Å². The van der Waals surface area contributed by atoms with Crippen molar-refractivity contribution in [3.63, 3.8) is 0 Å². The zero-order valence-corrected chi connectivity index (χ0v) is 10.6. The van der Waals surface area contributed by atoms with Crippen LogP contribution in [0.5, 0.6) is 0 Å². The molecule has 2 N–H and O–H groups in total. The van der Waals surface area contributed by atoms with Crippen LogP contribution in [0.2, 0.25) is 0 Å². The number of carboxylic acid groups (broad SMARTS) is 1. The van der Waals surface area contributed by atoms with Crippen molar-refractivity contribution >= 4 is 21.5 Å². The van der Waals surface area contributed by atoms with E-state index in [1.54, 1.807) is 0 Å². The maximum Gasteiger partial charge on any atom is 0.337 e. The van der Waals surface area contributed by atoms with Gasteiger partial charge in [0, 0.05) is 18.0 Å².